The summed E-state index contributed by atoms with van der Waals surface area (Å²) >= 11 is 0. The van der Waals surface area contributed by atoms with Crippen LogP contribution in [0.25, 0.3) is 0 Å². The molecule has 0 aliphatic carbocycles. The lowest BCUT2D eigenvalue weighted by atomic mass is 10.4. The van der Waals surface area contributed by atoms with Crippen molar-refractivity contribution in [2.75, 3.05) is 4.90 Å². The maximum absolute atomic E-state index is 11.9. The van der Waals surface area contributed by atoms with Crippen molar-refractivity contribution in [1.29, 1.82) is 0 Å². The van der Waals surface area contributed by atoms with Crippen LogP contribution in [0.15, 0.2) is 48.8 Å². The molecule has 2 aromatic rings. The first-order valence-corrected chi connectivity index (χ1v) is 5.34. The van der Waals surface area contributed by atoms with Gasteiger partial charge in [-0.25, -0.2) is 29.8 Å². The van der Waals surface area contributed by atoms with Crippen LogP contribution in [0, 0.1) is 0 Å². The number of carbonyl (C=O) groups is 2. The van der Waals surface area contributed by atoms with E-state index < -0.39 is 12.1 Å². The topological polar surface area (TPSA) is 95.4 Å². The second kappa shape index (κ2) is 5.58. The summed E-state index contributed by atoms with van der Waals surface area (Å²) in [5, 5.41) is 10.4. The fraction of sp³-hybridized carbons (Fsp3) is 0. The van der Waals surface area contributed by atoms with Crippen molar-refractivity contribution in [3.05, 3.63) is 48.8 Å². The number of rotatable bonds is 2. The van der Waals surface area contributed by atoms with E-state index in [-0.39, 0.29) is 11.6 Å². The number of carboxylic acid groups (broad SMARTS) is 1. The molecule has 0 aromatic carbocycles. The van der Waals surface area contributed by atoms with E-state index in [4.69, 9.17) is 5.11 Å². The molecule has 7 nitrogen and oxygen atoms in total. The third kappa shape index (κ3) is 3.03. The molecular weight excluding hydrogens is 248 g/mol. The summed E-state index contributed by atoms with van der Waals surface area (Å²) < 4.78 is 0. The first kappa shape index (κ1) is 12.5. The van der Waals surface area contributed by atoms with Gasteiger partial charge in [-0.05, 0) is 24.3 Å². The first-order chi connectivity index (χ1) is 9.18. The monoisotopic (exact) mass is 258 g/mol. The van der Waals surface area contributed by atoms with E-state index in [9.17, 15) is 9.59 Å². The Bertz CT molecular complexity index is 535. The molecule has 0 saturated heterocycles. The van der Waals surface area contributed by atoms with Gasteiger partial charge in [0, 0.05) is 12.4 Å². The maximum atomic E-state index is 11.9. The van der Waals surface area contributed by atoms with E-state index >= 15 is 0 Å². The number of hydrogen-bond donors (Lipinski definition) is 2. The highest BCUT2D eigenvalue weighted by Crippen LogP contribution is 2.20. The van der Waals surface area contributed by atoms with Crippen LogP contribution >= 0.6 is 0 Å². The van der Waals surface area contributed by atoms with Crippen LogP contribution in [0.1, 0.15) is 0 Å². The molecule has 0 fully saturated rings. The molecule has 0 spiro atoms. The Morgan fingerprint density at radius 2 is 1.53 bits per heavy atom. The van der Waals surface area contributed by atoms with Crippen molar-refractivity contribution in [1.82, 2.24) is 15.3 Å². The normalized spacial score (nSPS) is 9.68. The van der Waals surface area contributed by atoms with E-state index in [1.54, 1.807) is 41.7 Å². The number of carbonyl (C=O) groups excluding carboxylic acids is 1. The highest BCUT2D eigenvalue weighted by molar-refractivity contribution is 6.03. The van der Waals surface area contributed by atoms with Gasteiger partial charge in [0.2, 0.25) is 0 Å². The Labute approximate surface area is 108 Å². The lowest BCUT2D eigenvalue weighted by molar-refractivity contribution is 0.193. The summed E-state index contributed by atoms with van der Waals surface area (Å²) in [5.41, 5.74) is 0. The van der Waals surface area contributed by atoms with Crippen LogP contribution in [-0.2, 0) is 0 Å². The van der Waals surface area contributed by atoms with Crippen LogP contribution in [0.2, 0.25) is 0 Å². The Morgan fingerprint density at radius 3 is 1.89 bits per heavy atom. The van der Waals surface area contributed by atoms with Crippen molar-refractivity contribution in [2.45, 2.75) is 0 Å². The van der Waals surface area contributed by atoms with Crippen molar-refractivity contribution in [3.8, 4) is 0 Å². The van der Waals surface area contributed by atoms with Crippen LogP contribution in [0.3, 0.4) is 0 Å². The lowest BCUT2D eigenvalue weighted by Crippen LogP contribution is -2.40. The van der Waals surface area contributed by atoms with Crippen molar-refractivity contribution in [2.24, 2.45) is 0 Å². The summed E-state index contributed by atoms with van der Waals surface area (Å²) in [6.07, 6.45) is 1.56. The number of imide groups is 1. The van der Waals surface area contributed by atoms with Gasteiger partial charge in [-0.1, -0.05) is 12.1 Å². The second-order valence-electron chi connectivity index (χ2n) is 3.45. The molecule has 2 heterocycles. The van der Waals surface area contributed by atoms with Gasteiger partial charge in [0.25, 0.3) is 0 Å². The lowest BCUT2D eigenvalue weighted by Gasteiger charge is -2.19. The third-order valence-corrected chi connectivity index (χ3v) is 2.17. The average molecular weight is 258 g/mol. The summed E-state index contributed by atoms with van der Waals surface area (Å²) in [5.74, 6) is 0.555. The molecular formula is C12H10N4O3. The van der Waals surface area contributed by atoms with Gasteiger partial charge < -0.3 is 5.11 Å². The molecule has 0 radical (unpaired) electrons. The fourth-order valence-electron chi connectivity index (χ4n) is 1.44. The number of urea groups is 1. The molecule has 0 atom stereocenters. The molecule has 2 N–H and O–H groups in total. The molecule has 96 valence electrons. The number of pyridine rings is 2. The van der Waals surface area contributed by atoms with Crippen LogP contribution in [-0.4, -0.2) is 27.2 Å². The SMILES string of the molecule is O=C(O)NC(=O)N(c1ccccn1)c1ccccn1. The molecule has 19 heavy (non-hydrogen) atoms. The molecule has 0 aliphatic rings. The number of anilines is 2. The zero-order valence-electron chi connectivity index (χ0n) is 9.72. The molecule has 7 heteroatoms. The summed E-state index contributed by atoms with van der Waals surface area (Å²) in [7, 11) is 0. The zero-order valence-corrected chi connectivity index (χ0v) is 9.72. The number of hydrogen-bond acceptors (Lipinski definition) is 4. The Hall–Kier alpha value is -2.96. The Balaban J connectivity index is 2.40. The van der Waals surface area contributed by atoms with Crippen LogP contribution in [0.5, 0.6) is 0 Å². The van der Waals surface area contributed by atoms with Gasteiger partial charge in [0.15, 0.2) is 0 Å². The molecule has 0 bridgehead atoms. The number of amides is 3. The minimum absolute atomic E-state index is 0.278. The minimum Gasteiger partial charge on any atom is -0.465 e. The van der Waals surface area contributed by atoms with Crippen LogP contribution in [0.4, 0.5) is 21.2 Å². The summed E-state index contributed by atoms with van der Waals surface area (Å²) in [6.45, 7) is 0. The van der Waals surface area contributed by atoms with E-state index in [0.717, 1.165) is 4.90 Å². The minimum atomic E-state index is -1.44. The standard InChI is InChI=1S/C12H10N4O3/c17-11(15-12(18)19)16(9-5-1-3-7-13-9)10-6-2-4-8-14-10/h1-8H,(H,15,17)(H,18,19). The Kier molecular flexibility index (Phi) is 3.67. The molecule has 0 aliphatic heterocycles. The quantitative estimate of drug-likeness (QED) is 0.858. The largest absolute Gasteiger partial charge is 0.465 e. The predicted octanol–water partition coefficient (Wildman–Crippen LogP) is 2.00. The third-order valence-electron chi connectivity index (χ3n) is 2.17. The van der Waals surface area contributed by atoms with Crippen molar-refractivity contribution >= 4 is 23.8 Å². The Morgan fingerprint density at radius 1 is 1.00 bits per heavy atom. The number of aromatic nitrogens is 2. The maximum Gasteiger partial charge on any atom is 0.412 e. The van der Waals surface area contributed by atoms with E-state index in [1.165, 1.54) is 12.4 Å². The molecule has 0 unspecified atom stereocenters. The van der Waals surface area contributed by atoms with E-state index in [0.29, 0.717) is 0 Å². The molecule has 3 amide bonds. The van der Waals surface area contributed by atoms with Crippen molar-refractivity contribution < 1.29 is 14.7 Å². The van der Waals surface area contributed by atoms with Gasteiger partial charge in [-0.15, -0.1) is 0 Å². The number of nitrogens with one attached hydrogen (secondary N) is 1. The zero-order chi connectivity index (χ0) is 13.7. The highest BCUT2D eigenvalue weighted by Gasteiger charge is 2.21. The first-order valence-electron chi connectivity index (χ1n) is 5.34. The highest BCUT2D eigenvalue weighted by atomic mass is 16.4. The van der Waals surface area contributed by atoms with E-state index in [2.05, 4.69) is 9.97 Å². The molecule has 2 aromatic heterocycles. The smallest absolute Gasteiger partial charge is 0.412 e. The van der Waals surface area contributed by atoms with Gasteiger partial charge in [-0.2, -0.15) is 0 Å². The van der Waals surface area contributed by atoms with Gasteiger partial charge in [0.05, 0.1) is 0 Å². The predicted molar refractivity (Wildman–Crippen MR) is 67.2 cm³/mol. The van der Waals surface area contributed by atoms with Crippen LogP contribution < -0.4 is 10.2 Å². The summed E-state index contributed by atoms with van der Waals surface area (Å²) in [6, 6.07) is 9.07. The van der Waals surface area contributed by atoms with Gasteiger partial charge >= 0.3 is 12.1 Å². The fourth-order valence-corrected chi connectivity index (χ4v) is 1.44. The second-order valence-corrected chi connectivity index (χ2v) is 3.45. The van der Waals surface area contributed by atoms with Gasteiger partial charge in [0.1, 0.15) is 11.6 Å². The molecule has 2 rings (SSSR count). The number of nitrogens with zero attached hydrogens (tertiary/aromatic N) is 3. The van der Waals surface area contributed by atoms with Crippen molar-refractivity contribution in [3.63, 3.8) is 0 Å². The average Bonchev–Trinajstić information content (AvgIpc) is 2.40. The summed E-state index contributed by atoms with van der Waals surface area (Å²) in [4.78, 5) is 31.6. The van der Waals surface area contributed by atoms with Gasteiger partial charge in [-0.3, -0.25) is 0 Å². The molecule has 0 saturated carbocycles. The van der Waals surface area contributed by atoms with E-state index in [1.807, 2.05) is 0 Å².